The van der Waals surface area contributed by atoms with Crippen molar-refractivity contribution in [3.63, 3.8) is 0 Å². The molecule has 15 heavy (non-hydrogen) atoms. The van der Waals surface area contributed by atoms with Gasteiger partial charge in [-0.15, -0.1) is 0 Å². The van der Waals surface area contributed by atoms with Gasteiger partial charge in [-0.25, -0.2) is 0 Å². The van der Waals surface area contributed by atoms with Crippen LogP contribution in [-0.4, -0.2) is 25.6 Å². The van der Waals surface area contributed by atoms with Gasteiger partial charge >= 0.3 is 0 Å². The van der Waals surface area contributed by atoms with Crippen molar-refractivity contribution in [3.8, 4) is 0 Å². The van der Waals surface area contributed by atoms with Gasteiger partial charge in [0.25, 0.3) is 0 Å². The van der Waals surface area contributed by atoms with E-state index in [2.05, 4.69) is 12.1 Å². The van der Waals surface area contributed by atoms with Crippen molar-refractivity contribution < 1.29 is 14.2 Å². The van der Waals surface area contributed by atoms with Gasteiger partial charge in [0, 0.05) is 0 Å². The highest BCUT2D eigenvalue weighted by atomic mass is 16.7. The standard InChI is InChI=1S/C12H16O3/c1-10-14-9-12(15-10)8-13-7-11-5-3-2-4-6-11/h2-6,10,12H,7-9H2,1H3. The summed E-state index contributed by atoms with van der Waals surface area (Å²) in [5.74, 6) is 0. The molecule has 1 aliphatic rings. The van der Waals surface area contributed by atoms with E-state index in [9.17, 15) is 0 Å². The Hall–Kier alpha value is -0.900. The first-order chi connectivity index (χ1) is 7.34. The summed E-state index contributed by atoms with van der Waals surface area (Å²) in [5, 5.41) is 0. The molecule has 2 atom stereocenters. The van der Waals surface area contributed by atoms with E-state index in [1.54, 1.807) is 0 Å². The molecule has 1 heterocycles. The number of hydrogen-bond donors (Lipinski definition) is 0. The zero-order valence-electron chi connectivity index (χ0n) is 8.89. The fourth-order valence-electron chi connectivity index (χ4n) is 1.56. The third-order valence-electron chi connectivity index (χ3n) is 2.32. The van der Waals surface area contributed by atoms with Gasteiger partial charge in [-0.3, -0.25) is 0 Å². The average Bonchev–Trinajstić information content (AvgIpc) is 2.66. The lowest BCUT2D eigenvalue weighted by molar-refractivity contribution is -0.0598. The first-order valence-corrected chi connectivity index (χ1v) is 5.23. The molecule has 0 N–H and O–H groups in total. The predicted molar refractivity (Wildman–Crippen MR) is 56.4 cm³/mol. The Morgan fingerprint density at radius 1 is 1.33 bits per heavy atom. The molecule has 2 rings (SSSR count). The predicted octanol–water partition coefficient (Wildman–Crippen LogP) is 1.96. The zero-order chi connectivity index (χ0) is 10.5. The van der Waals surface area contributed by atoms with E-state index in [1.807, 2.05) is 25.1 Å². The summed E-state index contributed by atoms with van der Waals surface area (Å²) in [6.07, 6.45) is -0.000891. The molecule has 0 amide bonds. The summed E-state index contributed by atoms with van der Waals surface area (Å²) >= 11 is 0. The Morgan fingerprint density at radius 2 is 2.13 bits per heavy atom. The SMILES string of the molecule is CC1OCC(COCc2ccccc2)O1. The van der Waals surface area contributed by atoms with Crippen molar-refractivity contribution in [3.05, 3.63) is 35.9 Å². The summed E-state index contributed by atoms with van der Waals surface area (Å²) < 4.78 is 16.3. The summed E-state index contributed by atoms with van der Waals surface area (Å²) in [7, 11) is 0. The van der Waals surface area contributed by atoms with E-state index in [1.165, 1.54) is 5.56 Å². The van der Waals surface area contributed by atoms with Crippen molar-refractivity contribution in [1.29, 1.82) is 0 Å². The molecule has 1 saturated heterocycles. The zero-order valence-corrected chi connectivity index (χ0v) is 8.89. The molecule has 1 fully saturated rings. The molecule has 0 radical (unpaired) electrons. The Labute approximate surface area is 90.0 Å². The van der Waals surface area contributed by atoms with Crippen molar-refractivity contribution in [2.75, 3.05) is 13.2 Å². The summed E-state index contributed by atoms with van der Waals surface area (Å²) in [6.45, 7) is 3.77. The smallest absolute Gasteiger partial charge is 0.155 e. The van der Waals surface area contributed by atoms with Crippen LogP contribution >= 0.6 is 0 Å². The van der Waals surface area contributed by atoms with Crippen LogP contribution in [-0.2, 0) is 20.8 Å². The fourth-order valence-corrected chi connectivity index (χ4v) is 1.56. The minimum absolute atomic E-state index is 0.0868. The van der Waals surface area contributed by atoms with E-state index in [4.69, 9.17) is 14.2 Å². The van der Waals surface area contributed by atoms with Crippen LogP contribution in [0.2, 0.25) is 0 Å². The first kappa shape index (κ1) is 10.6. The molecule has 82 valence electrons. The van der Waals surface area contributed by atoms with E-state index < -0.39 is 0 Å². The van der Waals surface area contributed by atoms with E-state index >= 15 is 0 Å². The second-order valence-corrected chi connectivity index (χ2v) is 3.66. The van der Waals surface area contributed by atoms with Crippen LogP contribution < -0.4 is 0 Å². The van der Waals surface area contributed by atoms with Crippen LogP contribution in [0.1, 0.15) is 12.5 Å². The van der Waals surface area contributed by atoms with Gasteiger partial charge in [0.15, 0.2) is 6.29 Å². The fraction of sp³-hybridized carbons (Fsp3) is 0.500. The molecule has 3 nitrogen and oxygen atoms in total. The third-order valence-corrected chi connectivity index (χ3v) is 2.32. The average molecular weight is 208 g/mol. The molecule has 0 saturated carbocycles. The van der Waals surface area contributed by atoms with Crippen molar-refractivity contribution in [2.45, 2.75) is 25.9 Å². The number of benzene rings is 1. The van der Waals surface area contributed by atoms with Crippen LogP contribution in [0.25, 0.3) is 0 Å². The molecule has 1 aromatic carbocycles. The van der Waals surface area contributed by atoms with E-state index in [0.29, 0.717) is 19.8 Å². The van der Waals surface area contributed by atoms with Crippen LogP contribution in [0.3, 0.4) is 0 Å². The van der Waals surface area contributed by atoms with Gasteiger partial charge in [0.05, 0.1) is 19.8 Å². The van der Waals surface area contributed by atoms with E-state index in [-0.39, 0.29) is 12.4 Å². The first-order valence-electron chi connectivity index (χ1n) is 5.23. The van der Waals surface area contributed by atoms with Gasteiger partial charge < -0.3 is 14.2 Å². The molecule has 0 aromatic heterocycles. The van der Waals surface area contributed by atoms with Crippen LogP contribution in [0.4, 0.5) is 0 Å². The molecule has 0 spiro atoms. The molecular formula is C12H16O3. The number of hydrogen-bond acceptors (Lipinski definition) is 3. The highest BCUT2D eigenvalue weighted by Crippen LogP contribution is 2.11. The van der Waals surface area contributed by atoms with Crippen LogP contribution in [0.5, 0.6) is 0 Å². The van der Waals surface area contributed by atoms with Crippen molar-refractivity contribution in [2.24, 2.45) is 0 Å². The Morgan fingerprint density at radius 3 is 2.80 bits per heavy atom. The van der Waals surface area contributed by atoms with Gasteiger partial charge in [0.2, 0.25) is 0 Å². The van der Waals surface area contributed by atoms with Gasteiger partial charge in [-0.1, -0.05) is 30.3 Å². The van der Waals surface area contributed by atoms with Crippen LogP contribution in [0, 0.1) is 0 Å². The minimum atomic E-state index is -0.0877. The van der Waals surface area contributed by atoms with Gasteiger partial charge in [-0.05, 0) is 12.5 Å². The highest BCUT2D eigenvalue weighted by Gasteiger charge is 2.22. The summed E-state index contributed by atoms with van der Waals surface area (Å²) in [4.78, 5) is 0. The van der Waals surface area contributed by atoms with Crippen molar-refractivity contribution in [1.82, 2.24) is 0 Å². The summed E-state index contributed by atoms with van der Waals surface area (Å²) in [5.41, 5.74) is 1.18. The second kappa shape index (κ2) is 5.26. The molecule has 2 unspecified atom stereocenters. The topological polar surface area (TPSA) is 27.7 Å². The lowest BCUT2D eigenvalue weighted by Crippen LogP contribution is -2.18. The Balaban J connectivity index is 1.67. The maximum atomic E-state index is 5.55. The molecular weight excluding hydrogens is 192 g/mol. The lowest BCUT2D eigenvalue weighted by atomic mass is 10.2. The van der Waals surface area contributed by atoms with E-state index in [0.717, 1.165) is 0 Å². The normalized spacial score (nSPS) is 25.7. The maximum Gasteiger partial charge on any atom is 0.155 e. The lowest BCUT2D eigenvalue weighted by Gasteiger charge is -2.09. The minimum Gasteiger partial charge on any atom is -0.374 e. The summed E-state index contributed by atoms with van der Waals surface area (Å²) in [6, 6.07) is 10.1. The Kier molecular flexibility index (Phi) is 3.72. The quantitative estimate of drug-likeness (QED) is 0.757. The maximum absolute atomic E-state index is 5.55. The van der Waals surface area contributed by atoms with Crippen molar-refractivity contribution >= 4 is 0 Å². The Bertz CT molecular complexity index is 286. The van der Waals surface area contributed by atoms with Crippen LogP contribution in [0.15, 0.2) is 30.3 Å². The number of ether oxygens (including phenoxy) is 3. The molecule has 0 aliphatic carbocycles. The van der Waals surface area contributed by atoms with Gasteiger partial charge in [-0.2, -0.15) is 0 Å². The molecule has 0 bridgehead atoms. The molecule has 1 aliphatic heterocycles. The molecule has 1 aromatic rings. The highest BCUT2D eigenvalue weighted by molar-refractivity contribution is 5.13. The number of rotatable bonds is 4. The third kappa shape index (κ3) is 3.30. The largest absolute Gasteiger partial charge is 0.374 e. The second-order valence-electron chi connectivity index (χ2n) is 3.66. The van der Waals surface area contributed by atoms with Gasteiger partial charge in [0.1, 0.15) is 6.10 Å². The monoisotopic (exact) mass is 208 g/mol. The molecule has 3 heteroatoms.